The summed E-state index contributed by atoms with van der Waals surface area (Å²) < 4.78 is 9.62. The van der Waals surface area contributed by atoms with Crippen molar-refractivity contribution in [3.8, 4) is 16.8 Å². The number of aromatic nitrogens is 1. The molecule has 10 rings (SSSR count). The molecule has 52 heavy (non-hydrogen) atoms. The van der Waals surface area contributed by atoms with E-state index in [2.05, 4.69) is 167 Å². The number of rotatable bonds is 4. The van der Waals surface area contributed by atoms with E-state index in [1.807, 2.05) is 0 Å². The number of hydrogen-bond acceptors (Lipinski definition) is 3. The number of nitrogens with one attached hydrogen (secondary N) is 1. The number of para-hydroxylation sites is 1. The average molecular weight is 678 g/mol. The zero-order valence-electron chi connectivity index (χ0n) is 31.2. The molecule has 0 atom stereocenters. The molecule has 5 heteroatoms. The van der Waals surface area contributed by atoms with Gasteiger partial charge in [-0.1, -0.05) is 76.2 Å². The number of anilines is 3. The molecule has 0 bridgehead atoms. The summed E-state index contributed by atoms with van der Waals surface area (Å²) in [6, 6.07) is 38.3. The summed E-state index contributed by atoms with van der Waals surface area (Å²) in [6.07, 6.45) is 2.36. The molecule has 0 saturated carbocycles. The molecule has 6 aromatic carbocycles. The van der Waals surface area contributed by atoms with E-state index in [1.165, 1.54) is 95.5 Å². The fraction of sp³-hybridized carbons (Fsp3) is 0.234. The first-order valence-electron chi connectivity index (χ1n) is 18.7. The van der Waals surface area contributed by atoms with Crippen LogP contribution < -0.4 is 21.3 Å². The molecule has 2 aromatic heterocycles. The van der Waals surface area contributed by atoms with E-state index in [4.69, 9.17) is 4.42 Å². The van der Waals surface area contributed by atoms with E-state index in [1.54, 1.807) is 0 Å². The minimum Gasteiger partial charge on any atom is -0.469 e. The number of fused-ring (bicyclic) bond motifs is 9. The molecule has 4 nitrogen and oxygen atoms in total. The normalized spacial score (nSPS) is 15.5. The molecule has 0 spiro atoms. The summed E-state index contributed by atoms with van der Waals surface area (Å²) >= 11 is 0. The first-order chi connectivity index (χ1) is 25.0. The van der Waals surface area contributed by atoms with Crippen LogP contribution in [0.15, 0.2) is 108 Å². The van der Waals surface area contributed by atoms with Crippen LogP contribution in [0.2, 0.25) is 0 Å². The SMILES string of the molecule is Cc1cc(-c2ccccc2Nc2ccc(N(C)C)cc2)c2c3c1c1cc4ccccc4cc1n3-c1c(oc3cc4c(cc13)C(C)(C)CCC4(C)C)B2. The van der Waals surface area contributed by atoms with Gasteiger partial charge in [0.25, 0.3) is 0 Å². The van der Waals surface area contributed by atoms with Gasteiger partial charge in [-0.05, 0) is 124 Å². The summed E-state index contributed by atoms with van der Waals surface area (Å²) in [6.45, 7) is 11.9. The lowest BCUT2D eigenvalue weighted by Gasteiger charge is -2.41. The van der Waals surface area contributed by atoms with Crippen LogP contribution in [0.25, 0.3) is 60.4 Å². The molecule has 0 amide bonds. The van der Waals surface area contributed by atoms with Crippen molar-refractivity contribution in [1.29, 1.82) is 0 Å². The van der Waals surface area contributed by atoms with Crippen LogP contribution in [0, 0.1) is 6.92 Å². The highest BCUT2D eigenvalue weighted by atomic mass is 16.3. The third-order valence-corrected chi connectivity index (χ3v) is 12.3. The average Bonchev–Trinajstić information content (AvgIpc) is 3.66. The van der Waals surface area contributed by atoms with Crippen LogP contribution in [0.5, 0.6) is 0 Å². The molecule has 3 heterocycles. The summed E-state index contributed by atoms with van der Waals surface area (Å²) in [5.41, 5.74) is 17.3. The Bertz CT molecular complexity index is 2780. The Morgan fingerprint density at radius 1 is 0.731 bits per heavy atom. The van der Waals surface area contributed by atoms with Gasteiger partial charge in [0.05, 0.1) is 16.9 Å². The van der Waals surface area contributed by atoms with Crippen molar-refractivity contribution in [2.45, 2.75) is 58.3 Å². The number of furan rings is 1. The van der Waals surface area contributed by atoms with Gasteiger partial charge < -0.3 is 19.2 Å². The molecule has 1 aliphatic heterocycles. The predicted octanol–water partition coefficient (Wildman–Crippen LogP) is 10.5. The Balaban J connectivity index is 1.27. The Morgan fingerprint density at radius 2 is 1.40 bits per heavy atom. The molecule has 0 saturated heterocycles. The van der Waals surface area contributed by atoms with Gasteiger partial charge in [-0.15, -0.1) is 0 Å². The van der Waals surface area contributed by atoms with Crippen LogP contribution in [0.1, 0.15) is 57.2 Å². The van der Waals surface area contributed by atoms with Crippen molar-refractivity contribution >= 4 is 79.0 Å². The molecule has 2 aliphatic rings. The third kappa shape index (κ3) is 4.47. The van der Waals surface area contributed by atoms with Crippen LogP contribution in [0.4, 0.5) is 17.1 Å². The van der Waals surface area contributed by atoms with E-state index >= 15 is 0 Å². The first-order valence-corrected chi connectivity index (χ1v) is 18.7. The quantitative estimate of drug-likeness (QED) is 0.188. The smallest absolute Gasteiger partial charge is 0.244 e. The maximum Gasteiger partial charge on any atom is 0.244 e. The highest BCUT2D eigenvalue weighted by Gasteiger charge is 2.39. The van der Waals surface area contributed by atoms with Gasteiger partial charge >= 0.3 is 0 Å². The molecule has 1 aliphatic carbocycles. The molecule has 0 unspecified atom stereocenters. The lowest BCUT2D eigenvalue weighted by molar-refractivity contribution is 0.332. The van der Waals surface area contributed by atoms with Gasteiger partial charge in [-0.3, -0.25) is 0 Å². The van der Waals surface area contributed by atoms with Crippen LogP contribution in [0.3, 0.4) is 0 Å². The summed E-state index contributed by atoms with van der Waals surface area (Å²) in [7, 11) is 4.88. The Morgan fingerprint density at radius 3 is 2.13 bits per heavy atom. The van der Waals surface area contributed by atoms with Crippen molar-refractivity contribution in [1.82, 2.24) is 4.57 Å². The molecule has 8 aromatic rings. The molecule has 0 radical (unpaired) electrons. The molecule has 256 valence electrons. The second kappa shape index (κ2) is 10.8. The van der Waals surface area contributed by atoms with Gasteiger partial charge in [0.15, 0.2) is 0 Å². The summed E-state index contributed by atoms with van der Waals surface area (Å²) in [5.74, 6) is 0. The Labute approximate surface area is 306 Å². The monoisotopic (exact) mass is 677 g/mol. The molecule has 1 N–H and O–H groups in total. The highest BCUT2D eigenvalue weighted by Crippen LogP contribution is 2.49. The van der Waals surface area contributed by atoms with Crippen LogP contribution in [-0.4, -0.2) is 25.9 Å². The largest absolute Gasteiger partial charge is 0.469 e. The fourth-order valence-electron chi connectivity index (χ4n) is 9.36. The first kappa shape index (κ1) is 31.3. The van der Waals surface area contributed by atoms with Gasteiger partial charge in [0.1, 0.15) is 5.58 Å². The summed E-state index contributed by atoms with van der Waals surface area (Å²) in [4.78, 5) is 2.13. The molecular formula is C47H44BN3O. The van der Waals surface area contributed by atoms with E-state index < -0.39 is 0 Å². The number of aryl methyl sites for hydroxylation is 1. The fourth-order valence-corrected chi connectivity index (χ4v) is 9.36. The van der Waals surface area contributed by atoms with Crippen LogP contribution >= 0.6 is 0 Å². The lowest BCUT2D eigenvalue weighted by atomic mass is 9.61. The maximum atomic E-state index is 7.05. The zero-order valence-corrected chi connectivity index (χ0v) is 31.2. The van der Waals surface area contributed by atoms with Crippen molar-refractivity contribution in [2.24, 2.45) is 0 Å². The second-order valence-electron chi connectivity index (χ2n) is 16.8. The van der Waals surface area contributed by atoms with E-state index in [9.17, 15) is 0 Å². The van der Waals surface area contributed by atoms with E-state index in [-0.39, 0.29) is 10.8 Å². The van der Waals surface area contributed by atoms with Gasteiger partial charge in [-0.2, -0.15) is 0 Å². The van der Waals surface area contributed by atoms with Crippen LogP contribution in [-0.2, 0) is 10.8 Å². The van der Waals surface area contributed by atoms with Crippen molar-refractivity contribution in [2.75, 3.05) is 24.3 Å². The molecule has 0 fully saturated rings. The van der Waals surface area contributed by atoms with E-state index in [0.717, 1.165) is 29.9 Å². The lowest BCUT2D eigenvalue weighted by Crippen LogP contribution is -2.36. The van der Waals surface area contributed by atoms with Crippen molar-refractivity contribution < 1.29 is 4.42 Å². The maximum absolute atomic E-state index is 7.05. The zero-order chi connectivity index (χ0) is 35.7. The topological polar surface area (TPSA) is 33.3 Å². The minimum absolute atomic E-state index is 0.104. The number of benzene rings is 6. The van der Waals surface area contributed by atoms with Gasteiger partial charge in [-0.25, -0.2) is 0 Å². The Hall–Kier alpha value is -5.42. The summed E-state index contributed by atoms with van der Waals surface area (Å²) in [5, 5.41) is 10.2. The number of hydrogen-bond donors (Lipinski definition) is 1. The second-order valence-corrected chi connectivity index (χ2v) is 16.8. The molecular weight excluding hydrogens is 633 g/mol. The minimum atomic E-state index is 0.104. The van der Waals surface area contributed by atoms with Gasteiger partial charge in [0.2, 0.25) is 7.28 Å². The third-order valence-electron chi connectivity index (χ3n) is 12.3. The van der Waals surface area contributed by atoms with Crippen molar-refractivity contribution in [3.63, 3.8) is 0 Å². The highest BCUT2D eigenvalue weighted by molar-refractivity contribution is 6.73. The number of nitrogens with zero attached hydrogens (tertiary/aromatic N) is 2. The van der Waals surface area contributed by atoms with E-state index in [0.29, 0.717) is 0 Å². The van der Waals surface area contributed by atoms with Crippen molar-refractivity contribution in [3.05, 3.63) is 120 Å². The van der Waals surface area contributed by atoms with Gasteiger partial charge in [0, 0.05) is 58.4 Å². The predicted molar refractivity (Wildman–Crippen MR) is 224 cm³/mol. The Kier molecular flexibility index (Phi) is 6.51. The standard InChI is InChI=1S/C47H44BN3O/c1-27-22-33(32-14-10-11-15-38(32)49-30-16-18-31(19-17-30)50(6)7)42-44-41(27)34-23-28-12-8-9-13-29(28)24-39(34)51(44)43-35-25-36-37(26-40(35)52-45(43)48-42)47(4,5)21-20-46(36,2)3/h8-19,22-26,48-49H,20-21H2,1-7H3.